The largest absolute Gasteiger partial charge is 0.497 e. The number of aliphatic imine (C=N–C) groups is 1. The molecule has 0 spiro atoms. The van der Waals surface area contributed by atoms with Gasteiger partial charge in [0.1, 0.15) is 18.0 Å². The fourth-order valence-electron chi connectivity index (χ4n) is 4.03. The van der Waals surface area contributed by atoms with Crippen molar-refractivity contribution < 1.29 is 23.6 Å². The van der Waals surface area contributed by atoms with Crippen molar-refractivity contribution in [3.63, 3.8) is 0 Å². The van der Waals surface area contributed by atoms with Gasteiger partial charge in [-0.3, -0.25) is 14.6 Å². The number of amidine groups is 1. The second-order valence-corrected chi connectivity index (χ2v) is 7.74. The van der Waals surface area contributed by atoms with Gasteiger partial charge in [0.05, 0.1) is 20.8 Å². The van der Waals surface area contributed by atoms with Gasteiger partial charge >= 0.3 is 12.0 Å². The van der Waals surface area contributed by atoms with Gasteiger partial charge in [0.2, 0.25) is 11.9 Å². The standard InChI is InChI=1S/C20H26N5O4/c1-12(2)11-25-18(26)16-17(22(3)20(25)27)21-19-23(8-9-24(16)19)14-7-6-13(28-4)10-15(14)29-5/h6-7,10,12,16H,8-9,11H2,1-5H3/q+1. The number of hydrogen-bond acceptors (Lipinski definition) is 6. The van der Waals surface area contributed by atoms with Gasteiger partial charge in [0, 0.05) is 19.7 Å². The van der Waals surface area contributed by atoms with E-state index in [1.807, 2.05) is 41.5 Å². The molecule has 0 aromatic heterocycles. The summed E-state index contributed by atoms with van der Waals surface area (Å²) in [6.07, 6.45) is 0. The van der Waals surface area contributed by atoms with Gasteiger partial charge in [-0.05, 0) is 18.1 Å². The van der Waals surface area contributed by atoms with E-state index in [0.717, 1.165) is 5.69 Å². The van der Waals surface area contributed by atoms with E-state index in [-0.39, 0.29) is 17.9 Å². The van der Waals surface area contributed by atoms with Crippen LogP contribution in [0.5, 0.6) is 11.5 Å². The van der Waals surface area contributed by atoms with Crippen LogP contribution < -0.4 is 14.4 Å². The summed E-state index contributed by atoms with van der Waals surface area (Å²) in [5.41, 5.74) is 0.842. The number of fused-ring (bicyclic) bond motifs is 2. The van der Waals surface area contributed by atoms with E-state index < -0.39 is 6.04 Å². The molecule has 1 aromatic carbocycles. The molecule has 0 N–H and O–H groups in total. The fraction of sp³-hybridized carbons (Fsp3) is 0.500. The maximum Gasteiger partial charge on any atom is 0.397 e. The first-order chi connectivity index (χ1) is 13.9. The number of urea groups is 1. The molecule has 1 atom stereocenters. The summed E-state index contributed by atoms with van der Waals surface area (Å²) in [6.45, 7) is 5.67. The molecule has 0 aliphatic carbocycles. The molecule has 0 saturated carbocycles. The van der Waals surface area contributed by atoms with Crippen molar-refractivity contribution in [2.45, 2.75) is 19.9 Å². The van der Waals surface area contributed by atoms with E-state index in [2.05, 4.69) is 0 Å². The number of hydrogen-bond donors (Lipinski definition) is 0. The van der Waals surface area contributed by atoms with E-state index in [9.17, 15) is 9.59 Å². The Labute approximate surface area is 169 Å². The zero-order chi connectivity index (χ0) is 20.9. The third-order valence-corrected chi connectivity index (χ3v) is 5.42. The molecule has 9 nitrogen and oxygen atoms in total. The smallest absolute Gasteiger partial charge is 0.397 e. The highest BCUT2D eigenvalue weighted by atomic mass is 16.5. The molecule has 29 heavy (non-hydrogen) atoms. The summed E-state index contributed by atoms with van der Waals surface area (Å²) in [4.78, 5) is 35.5. The number of guanidine groups is 1. The molecule has 4 rings (SSSR count). The normalized spacial score (nSPS) is 21.1. The number of benzene rings is 1. The maximum absolute atomic E-state index is 13.2. The Morgan fingerprint density at radius 2 is 2.00 bits per heavy atom. The van der Waals surface area contributed by atoms with Crippen LogP contribution in [0.2, 0.25) is 0 Å². The van der Waals surface area contributed by atoms with Crippen LogP contribution in [0, 0.1) is 5.92 Å². The first kappa shape index (κ1) is 19.2. The van der Waals surface area contributed by atoms with E-state index in [0.29, 0.717) is 42.9 Å². The van der Waals surface area contributed by atoms with Crippen LogP contribution in [0.15, 0.2) is 23.2 Å². The third kappa shape index (κ3) is 2.92. The molecule has 3 aliphatic rings. The van der Waals surface area contributed by atoms with Crippen LogP contribution in [0.25, 0.3) is 0 Å². The molecular weight excluding hydrogens is 374 g/mol. The minimum atomic E-state index is -0.569. The van der Waals surface area contributed by atoms with Gasteiger partial charge in [-0.2, -0.15) is 0 Å². The molecule has 1 fully saturated rings. The number of carbonyl (C=O) groups excluding carboxylic acids is 2. The number of carbonyl (C=O) groups is 2. The third-order valence-electron chi connectivity index (χ3n) is 5.42. The molecule has 3 aliphatic heterocycles. The lowest BCUT2D eigenvalue weighted by molar-refractivity contribution is -0.525. The number of methoxy groups -OCH3 is 2. The second-order valence-electron chi connectivity index (χ2n) is 7.74. The Kier molecular flexibility index (Phi) is 4.68. The molecule has 1 aromatic rings. The summed E-state index contributed by atoms with van der Waals surface area (Å²) in [6, 6.07) is 4.70. The number of nitrogens with zero attached hydrogens (tertiary/aromatic N) is 5. The van der Waals surface area contributed by atoms with Gasteiger partial charge in [-0.15, -0.1) is 0 Å². The highest BCUT2D eigenvalue weighted by Crippen LogP contribution is 2.35. The number of imide groups is 1. The molecule has 0 radical (unpaired) electrons. The van der Waals surface area contributed by atoms with Crippen molar-refractivity contribution in [3.8, 4) is 11.5 Å². The summed E-state index contributed by atoms with van der Waals surface area (Å²) < 4.78 is 12.8. The van der Waals surface area contributed by atoms with Gasteiger partial charge in [0.25, 0.3) is 5.91 Å². The Morgan fingerprint density at radius 3 is 2.66 bits per heavy atom. The lowest BCUT2D eigenvalue weighted by Gasteiger charge is -2.34. The monoisotopic (exact) mass is 400 g/mol. The fourth-order valence-corrected chi connectivity index (χ4v) is 4.03. The van der Waals surface area contributed by atoms with Crippen LogP contribution in [0.3, 0.4) is 0 Å². The lowest BCUT2D eigenvalue weighted by atomic mass is 10.1. The maximum atomic E-state index is 13.2. The van der Waals surface area contributed by atoms with Crippen molar-refractivity contribution in [2.75, 3.05) is 45.8 Å². The zero-order valence-electron chi connectivity index (χ0n) is 17.4. The Bertz CT molecular complexity index is 939. The van der Waals surface area contributed by atoms with Crippen LogP contribution >= 0.6 is 0 Å². The average molecular weight is 400 g/mol. The van der Waals surface area contributed by atoms with Crippen LogP contribution in [0.1, 0.15) is 13.8 Å². The number of ether oxygens (including phenoxy) is 2. The SMILES string of the molecule is COc1ccc(N2CC[N+]3=C2N=C2C3C(=O)N(CC(C)C)C(=O)N2C)c(OC)c1. The first-order valence-electron chi connectivity index (χ1n) is 9.68. The van der Waals surface area contributed by atoms with Crippen LogP contribution in [0.4, 0.5) is 10.5 Å². The minimum absolute atomic E-state index is 0.193. The molecule has 1 saturated heterocycles. The zero-order valence-corrected chi connectivity index (χ0v) is 17.4. The van der Waals surface area contributed by atoms with Crippen molar-refractivity contribution in [3.05, 3.63) is 18.2 Å². The summed E-state index contributed by atoms with van der Waals surface area (Å²) >= 11 is 0. The van der Waals surface area contributed by atoms with E-state index >= 15 is 0 Å². The summed E-state index contributed by atoms with van der Waals surface area (Å²) in [5.74, 6) is 2.48. The van der Waals surface area contributed by atoms with Crippen molar-refractivity contribution in [1.29, 1.82) is 0 Å². The summed E-state index contributed by atoms with van der Waals surface area (Å²) in [5, 5.41) is 0. The molecular formula is C20H26N5O4+. The van der Waals surface area contributed by atoms with E-state index in [1.165, 1.54) is 9.80 Å². The number of rotatable bonds is 5. The number of likely N-dealkylation sites (N-methyl/N-ethyl adjacent to an activating group) is 1. The van der Waals surface area contributed by atoms with Gasteiger partial charge in [0.15, 0.2) is 5.75 Å². The minimum Gasteiger partial charge on any atom is -0.497 e. The summed E-state index contributed by atoms with van der Waals surface area (Å²) in [7, 11) is 4.89. The highest BCUT2D eigenvalue weighted by molar-refractivity contribution is 6.24. The van der Waals surface area contributed by atoms with Crippen molar-refractivity contribution in [1.82, 2.24) is 9.80 Å². The average Bonchev–Trinajstić information content (AvgIpc) is 3.28. The topological polar surface area (TPSA) is 77.7 Å². The van der Waals surface area contributed by atoms with Crippen LogP contribution in [-0.4, -0.2) is 85.1 Å². The second kappa shape index (κ2) is 7.06. The van der Waals surface area contributed by atoms with Crippen molar-refractivity contribution in [2.24, 2.45) is 10.9 Å². The van der Waals surface area contributed by atoms with Gasteiger partial charge < -0.3 is 9.47 Å². The predicted molar refractivity (Wildman–Crippen MR) is 108 cm³/mol. The van der Waals surface area contributed by atoms with Crippen LogP contribution in [-0.2, 0) is 4.79 Å². The molecule has 3 heterocycles. The Morgan fingerprint density at radius 1 is 1.24 bits per heavy atom. The van der Waals surface area contributed by atoms with E-state index in [4.69, 9.17) is 14.5 Å². The quantitative estimate of drug-likeness (QED) is 0.695. The number of anilines is 1. The van der Waals surface area contributed by atoms with Crippen molar-refractivity contribution >= 4 is 29.4 Å². The van der Waals surface area contributed by atoms with Gasteiger partial charge in [-0.1, -0.05) is 18.8 Å². The molecule has 0 bridgehead atoms. The lowest BCUT2D eigenvalue weighted by Crippen LogP contribution is -2.63. The molecule has 154 valence electrons. The Balaban J connectivity index is 1.72. The Hall–Kier alpha value is -3.10. The van der Waals surface area contributed by atoms with Gasteiger partial charge in [-0.25, -0.2) is 14.3 Å². The van der Waals surface area contributed by atoms with E-state index in [1.54, 1.807) is 21.3 Å². The molecule has 3 amide bonds. The molecule has 1 unspecified atom stereocenters. The number of amides is 3. The highest BCUT2D eigenvalue weighted by Gasteiger charge is 2.55. The predicted octanol–water partition coefficient (Wildman–Crippen LogP) is 1.22. The molecule has 9 heteroatoms. The first-order valence-corrected chi connectivity index (χ1v) is 9.68.